The Bertz CT molecular complexity index is 1620. The van der Waals surface area contributed by atoms with Crippen LogP contribution in [0.1, 0.15) is 27.7 Å². The zero-order chi connectivity index (χ0) is 27.7. The van der Waals surface area contributed by atoms with Gasteiger partial charge in [0.1, 0.15) is 5.75 Å². The molecule has 0 spiro atoms. The van der Waals surface area contributed by atoms with E-state index in [0.29, 0.717) is 39.3 Å². The SMILES string of the molecule is COC(=O)Cc1ccc(N2C(=O)C(O)=C(C(=O)c3cc4cccc(OC)c4o3)C2c2cccc(OC)c2)cc1. The highest BCUT2D eigenvalue weighted by atomic mass is 16.5. The largest absolute Gasteiger partial charge is 0.503 e. The molecule has 1 aliphatic rings. The Balaban J connectivity index is 1.61. The molecular weight excluding hydrogens is 502 g/mol. The number of benzene rings is 3. The molecule has 0 saturated carbocycles. The fourth-order valence-electron chi connectivity index (χ4n) is 4.69. The smallest absolute Gasteiger partial charge is 0.309 e. The number of rotatable bonds is 8. The van der Waals surface area contributed by atoms with Gasteiger partial charge >= 0.3 is 5.97 Å². The highest BCUT2D eigenvalue weighted by Gasteiger charge is 2.45. The number of ketones is 1. The average Bonchev–Trinajstić information content (AvgIpc) is 3.52. The van der Waals surface area contributed by atoms with Crippen molar-refractivity contribution in [3.05, 3.63) is 101 Å². The minimum atomic E-state index is -0.985. The zero-order valence-corrected chi connectivity index (χ0v) is 21.5. The van der Waals surface area contributed by atoms with E-state index < -0.39 is 29.5 Å². The Hall–Kier alpha value is -5.05. The van der Waals surface area contributed by atoms with Crippen molar-refractivity contribution in [3.63, 3.8) is 0 Å². The Morgan fingerprint density at radius 2 is 1.69 bits per heavy atom. The number of carbonyl (C=O) groups excluding carboxylic acids is 3. The van der Waals surface area contributed by atoms with Gasteiger partial charge in [0, 0.05) is 11.1 Å². The lowest BCUT2D eigenvalue weighted by Gasteiger charge is -2.27. The number of carbonyl (C=O) groups is 3. The van der Waals surface area contributed by atoms with Crippen molar-refractivity contribution >= 4 is 34.3 Å². The van der Waals surface area contributed by atoms with Crippen LogP contribution in [0.25, 0.3) is 11.0 Å². The Morgan fingerprint density at radius 1 is 0.949 bits per heavy atom. The summed E-state index contributed by atoms with van der Waals surface area (Å²) in [7, 11) is 4.32. The molecule has 0 aliphatic carbocycles. The summed E-state index contributed by atoms with van der Waals surface area (Å²) in [6, 6.07) is 19.4. The number of methoxy groups -OCH3 is 3. The van der Waals surface area contributed by atoms with E-state index in [-0.39, 0.29) is 17.8 Å². The van der Waals surface area contributed by atoms with Crippen molar-refractivity contribution in [2.75, 3.05) is 26.2 Å². The van der Waals surface area contributed by atoms with E-state index in [1.54, 1.807) is 72.8 Å². The van der Waals surface area contributed by atoms with Gasteiger partial charge in [-0.1, -0.05) is 36.4 Å². The van der Waals surface area contributed by atoms with Gasteiger partial charge in [-0.05, 0) is 47.5 Å². The fourth-order valence-corrected chi connectivity index (χ4v) is 4.69. The molecule has 0 saturated heterocycles. The molecule has 5 rings (SSSR count). The zero-order valence-electron chi connectivity index (χ0n) is 21.5. The summed E-state index contributed by atoms with van der Waals surface area (Å²) in [5, 5.41) is 11.7. The molecule has 0 bridgehead atoms. The summed E-state index contributed by atoms with van der Waals surface area (Å²) in [5.74, 6) is -1.56. The second-order valence-electron chi connectivity index (χ2n) is 8.85. The number of amides is 1. The number of para-hydroxylation sites is 1. The number of anilines is 1. The molecule has 1 aromatic heterocycles. The summed E-state index contributed by atoms with van der Waals surface area (Å²) in [4.78, 5) is 40.4. The normalized spacial score (nSPS) is 15.1. The Morgan fingerprint density at radius 3 is 2.38 bits per heavy atom. The standard InChI is InChI=1S/C30H25NO8/c1-36-21-8-4-6-18(15-21)26-25(27(33)23-16-19-7-5-9-22(37-2)29(19)39-23)28(34)30(35)31(26)20-12-10-17(11-13-20)14-24(32)38-3/h4-13,15-16,26,34H,14H2,1-3H3. The average molecular weight is 528 g/mol. The molecule has 2 heterocycles. The third-order valence-corrected chi connectivity index (χ3v) is 6.60. The quantitative estimate of drug-likeness (QED) is 0.253. The molecule has 198 valence electrons. The van der Waals surface area contributed by atoms with Gasteiger partial charge in [0.25, 0.3) is 5.91 Å². The van der Waals surface area contributed by atoms with Crippen LogP contribution in [0.2, 0.25) is 0 Å². The first kappa shape index (κ1) is 25.6. The van der Waals surface area contributed by atoms with Crippen LogP contribution in [0.15, 0.2) is 88.5 Å². The van der Waals surface area contributed by atoms with E-state index in [9.17, 15) is 19.5 Å². The molecular formula is C30H25NO8. The van der Waals surface area contributed by atoms with Crippen LogP contribution in [-0.2, 0) is 20.7 Å². The molecule has 1 atom stereocenters. The number of aliphatic hydroxyl groups excluding tert-OH is 1. The molecule has 1 amide bonds. The molecule has 9 heteroatoms. The number of Topliss-reactive ketones (excluding diaryl/α,β-unsaturated/α-hetero) is 1. The van der Waals surface area contributed by atoms with Crippen molar-refractivity contribution in [2.45, 2.75) is 12.5 Å². The van der Waals surface area contributed by atoms with Crippen LogP contribution in [0.5, 0.6) is 11.5 Å². The van der Waals surface area contributed by atoms with E-state index in [0.717, 1.165) is 0 Å². The van der Waals surface area contributed by atoms with E-state index in [1.807, 2.05) is 0 Å². The number of hydrogen-bond donors (Lipinski definition) is 1. The first-order valence-corrected chi connectivity index (χ1v) is 12.0. The van der Waals surface area contributed by atoms with E-state index >= 15 is 0 Å². The van der Waals surface area contributed by atoms with Crippen LogP contribution < -0.4 is 14.4 Å². The molecule has 1 aliphatic heterocycles. The molecule has 0 fully saturated rings. The van der Waals surface area contributed by atoms with Gasteiger partial charge in [-0.25, -0.2) is 0 Å². The maximum atomic E-state index is 13.9. The predicted molar refractivity (Wildman–Crippen MR) is 142 cm³/mol. The lowest BCUT2D eigenvalue weighted by atomic mass is 9.94. The minimum absolute atomic E-state index is 0.0491. The lowest BCUT2D eigenvalue weighted by Crippen LogP contribution is -2.31. The summed E-state index contributed by atoms with van der Waals surface area (Å²) >= 11 is 0. The number of aliphatic hydroxyl groups is 1. The number of furan rings is 1. The molecule has 0 radical (unpaired) electrons. The molecule has 3 aromatic carbocycles. The topological polar surface area (TPSA) is 116 Å². The van der Waals surface area contributed by atoms with Crippen LogP contribution in [0.3, 0.4) is 0 Å². The van der Waals surface area contributed by atoms with Gasteiger partial charge in [-0.2, -0.15) is 0 Å². The van der Waals surface area contributed by atoms with Crippen molar-refractivity contribution in [2.24, 2.45) is 0 Å². The minimum Gasteiger partial charge on any atom is -0.503 e. The number of esters is 1. The second-order valence-corrected chi connectivity index (χ2v) is 8.85. The van der Waals surface area contributed by atoms with Crippen molar-refractivity contribution in [1.82, 2.24) is 0 Å². The van der Waals surface area contributed by atoms with E-state index in [1.165, 1.54) is 26.2 Å². The van der Waals surface area contributed by atoms with Crippen LogP contribution in [-0.4, -0.2) is 44.1 Å². The fraction of sp³-hybridized carbons (Fsp3) is 0.167. The van der Waals surface area contributed by atoms with E-state index in [2.05, 4.69) is 0 Å². The van der Waals surface area contributed by atoms with Crippen molar-refractivity contribution < 1.29 is 38.1 Å². The van der Waals surface area contributed by atoms with Gasteiger partial charge < -0.3 is 23.7 Å². The van der Waals surface area contributed by atoms with Crippen LogP contribution >= 0.6 is 0 Å². The van der Waals surface area contributed by atoms with Gasteiger partial charge in [-0.3, -0.25) is 19.3 Å². The van der Waals surface area contributed by atoms with Crippen molar-refractivity contribution in [3.8, 4) is 11.5 Å². The lowest BCUT2D eigenvalue weighted by molar-refractivity contribution is -0.139. The maximum absolute atomic E-state index is 13.9. The number of nitrogens with zero attached hydrogens (tertiary/aromatic N) is 1. The van der Waals surface area contributed by atoms with Crippen LogP contribution in [0.4, 0.5) is 5.69 Å². The highest BCUT2D eigenvalue weighted by molar-refractivity contribution is 6.20. The highest BCUT2D eigenvalue weighted by Crippen LogP contribution is 2.43. The molecule has 1 N–H and O–H groups in total. The molecule has 39 heavy (non-hydrogen) atoms. The summed E-state index contributed by atoms with van der Waals surface area (Å²) in [5.41, 5.74) is 1.89. The Labute approximate surface area is 223 Å². The summed E-state index contributed by atoms with van der Waals surface area (Å²) in [6.45, 7) is 0. The van der Waals surface area contributed by atoms with E-state index in [4.69, 9.17) is 18.6 Å². The number of fused-ring (bicyclic) bond motifs is 1. The van der Waals surface area contributed by atoms with Gasteiger partial charge in [0.15, 0.2) is 22.9 Å². The summed E-state index contributed by atoms with van der Waals surface area (Å²) in [6.07, 6.45) is 0.0623. The summed E-state index contributed by atoms with van der Waals surface area (Å²) < 4.78 is 21.3. The third kappa shape index (κ3) is 4.59. The number of ether oxygens (including phenoxy) is 3. The predicted octanol–water partition coefficient (Wildman–Crippen LogP) is 4.95. The maximum Gasteiger partial charge on any atom is 0.309 e. The monoisotopic (exact) mass is 527 g/mol. The van der Waals surface area contributed by atoms with Crippen molar-refractivity contribution in [1.29, 1.82) is 0 Å². The molecule has 9 nitrogen and oxygen atoms in total. The van der Waals surface area contributed by atoms with Gasteiger partial charge in [0.05, 0.1) is 39.4 Å². The Kier molecular flexibility index (Phi) is 6.81. The molecule has 4 aromatic rings. The first-order valence-electron chi connectivity index (χ1n) is 12.0. The second kappa shape index (κ2) is 10.4. The molecule has 1 unspecified atom stereocenters. The van der Waals surface area contributed by atoms with Gasteiger partial charge in [-0.15, -0.1) is 0 Å². The van der Waals surface area contributed by atoms with Crippen LogP contribution in [0, 0.1) is 0 Å². The van der Waals surface area contributed by atoms with Gasteiger partial charge in [0.2, 0.25) is 5.78 Å². The third-order valence-electron chi connectivity index (χ3n) is 6.60. The first-order chi connectivity index (χ1) is 18.9. The number of hydrogen-bond acceptors (Lipinski definition) is 8.